The van der Waals surface area contributed by atoms with Crippen LogP contribution in [0.1, 0.15) is 90.1 Å². The molecule has 0 atom stereocenters. The molecule has 0 spiro atoms. The summed E-state index contributed by atoms with van der Waals surface area (Å²) >= 11 is 0. The monoisotopic (exact) mass is 394 g/mol. The predicted octanol–water partition coefficient (Wildman–Crippen LogP) is 8.94. The maximum Gasteiger partial charge on any atom is 0.134 e. The molecule has 0 fully saturated rings. The molecule has 0 saturated heterocycles. The van der Waals surface area contributed by atoms with Crippen molar-refractivity contribution < 1.29 is 4.39 Å². The Morgan fingerprint density at radius 3 is 1.72 bits per heavy atom. The Hall–Kier alpha value is -2.15. The van der Waals surface area contributed by atoms with Crippen molar-refractivity contribution in [2.24, 2.45) is 0 Å². The van der Waals surface area contributed by atoms with Crippen molar-refractivity contribution in [3.63, 3.8) is 0 Å². The molecule has 0 amide bonds. The summed E-state index contributed by atoms with van der Waals surface area (Å²) in [5.74, 6) is -0.160. The first kappa shape index (κ1) is 24.9. The van der Waals surface area contributed by atoms with E-state index in [1.807, 2.05) is 20.8 Å². The van der Waals surface area contributed by atoms with Gasteiger partial charge < -0.3 is 0 Å². The van der Waals surface area contributed by atoms with Gasteiger partial charge in [-0.3, -0.25) is 0 Å². The van der Waals surface area contributed by atoms with E-state index in [0.717, 1.165) is 51.8 Å². The molecule has 0 unspecified atom stereocenters. The number of hydrogen-bond donors (Lipinski definition) is 0. The molecular formula is C28H39F. The molecule has 0 nitrogen and oxygen atoms in total. The fourth-order valence-corrected chi connectivity index (χ4v) is 4.15. The van der Waals surface area contributed by atoms with Gasteiger partial charge in [-0.05, 0) is 113 Å². The maximum absolute atomic E-state index is 15.9. The van der Waals surface area contributed by atoms with E-state index in [2.05, 4.69) is 67.7 Å². The molecule has 0 heterocycles. The summed E-state index contributed by atoms with van der Waals surface area (Å²) in [6.45, 7) is 29.2. The third-order valence-electron chi connectivity index (χ3n) is 6.15. The summed E-state index contributed by atoms with van der Waals surface area (Å²) in [7, 11) is 0. The van der Waals surface area contributed by atoms with Crippen LogP contribution in [0.25, 0.3) is 11.1 Å². The van der Waals surface area contributed by atoms with Gasteiger partial charge in [0.1, 0.15) is 5.82 Å². The standard InChI is InChI=1S/C28H39F/c1-13-18(8)20(10)26(19(9)16(4)5)21(11)27-24(15-3)23(14-2)25(17(6)7)22(12)28(27)29/h13H,6,11,14-15H2,1-5,7-10,12H3/b18-13-,26-20-. The van der Waals surface area contributed by atoms with Gasteiger partial charge in [0.2, 0.25) is 0 Å². The molecule has 0 aliphatic rings. The molecule has 29 heavy (non-hydrogen) atoms. The van der Waals surface area contributed by atoms with E-state index >= 15 is 4.39 Å². The Morgan fingerprint density at radius 1 is 0.862 bits per heavy atom. The van der Waals surface area contributed by atoms with Crippen LogP contribution in [0.15, 0.2) is 47.1 Å². The number of rotatable bonds is 7. The highest BCUT2D eigenvalue weighted by atomic mass is 19.1. The number of hydrogen-bond acceptors (Lipinski definition) is 0. The van der Waals surface area contributed by atoms with E-state index in [0.29, 0.717) is 11.1 Å². The van der Waals surface area contributed by atoms with Crippen LogP contribution in [0.5, 0.6) is 0 Å². The van der Waals surface area contributed by atoms with Crippen molar-refractivity contribution in [1.82, 2.24) is 0 Å². The van der Waals surface area contributed by atoms with Crippen LogP contribution in [0.4, 0.5) is 4.39 Å². The summed E-state index contributed by atoms with van der Waals surface area (Å²) < 4.78 is 15.9. The minimum atomic E-state index is -0.160. The van der Waals surface area contributed by atoms with Gasteiger partial charge in [-0.2, -0.15) is 0 Å². The van der Waals surface area contributed by atoms with E-state index in [1.165, 1.54) is 16.7 Å². The highest BCUT2D eigenvalue weighted by molar-refractivity contribution is 5.88. The second-order valence-electron chi connectivity index (χ2n) is 8.21. The Morgan fingerprint density at radius 2 is 1.34 bits per heavy atom. The van der Waals surface area contributed by atoms with Crippen molar-refractivity contribution in [2.75, 3.05) is 0 Å². The third-order valence-corrected chi connectivity index (χ3v) is 6.15. The van der Waals surface area contributed by atoms with Crippen LogP contribution in [0, 0.1) is 12.7 Å². The molecular weight excluding hydrogens is 355 g/mol. The van der Waals surface area contributed by atoms with Gasteiger partial charge in [0.25, 0.3) is 0 Å². The molecule has 0 bridgehead atoms. The minimum Gasteiger partial charge on any atom is -0.206 e. The Labute approximate surface area is 178 Å². The first-order valence-corrected chi connectivity index (χ1v) is 10.6. The summed E-state index contributed by atoms with van der Waals surface area (Å²) in [6.07, 6.45) is 3.71. The fourth-order valence-electron chi connectivity index (χ4n) is 4.15. The zero-order chi connectivity index (χ0) is 22.6. The van der Waals surface area contributed by atoms with Crippen LogP contribution in [-0.2, 0) is 12.8 Å². The minimum absolute atomic E-state index is 0.160. The lowest BCUT2D eigenvalue weighted by atomic mass is 9.79. The van der Waals surface area contributed by atoms with E-state index in [9.17, 15) is 0 Å². The molecule has 0 radical (unpaired) electrons. The van der Waals surface area contributed by atoms with E-state index < -0.39 is 0 Å². The Bertz CT molecular complexity index is 926. The number of halogens is 1. The lowest BCUT2D eigenvalue weighted by Gasteiger charge is -2.25. The molecule has 0 aliphatic carbocycles. The van der Waals surface area contributed by atoms with E-state index in [1.54, 1.807) is 0 Å². The molecule has 1 aromatic rings. The van der Waals surface area contributed by atoms with Crippen molar-refractivity contribution >= 4 is 11.1 Å². The summed E-state index contributed by atoms with van der Waals surface area (Å²) in [4.78, 5) is 0. The molecule has 1 aromatic carbocycles. The van der Waals surface area contributed by atoms with Crippen molar-refractivity contribution in [3.05, 3.63) is 80.7 Å². The van der Waals surface area contributed by atoms with Crippen molar-refractivity contribution in [2.45, 2.75) is 82.1 Å². The number of allylic oxidation sites excluding steroid dienone is 8. The molecule has 158 valence electrons. The molecule has 1 rings (SSSR count). The Kier molecular flexibility index (Phi) is 8.63. The summed E-state index contributed by atoms with van der Waals surface area (Å²) in [5, 5.41) is 0. The largest absolute Gasteiger partial charge is 0.206 e. The molecule has 0 saturated carbocycles. The van der Waals surface area contributed by atoms with Crippen LogP contribution < -0.4 is 0 Å². The van der Waals surface area contributed by atoms with Crippen molar-refractivity contribution in [1.29, 1.82) is 0 Å². The lowest BCUT2D eigenvalue weighted by Crippen LogP contribution is -2.10. The third kappa shape index (κ3) is 4.71. The van der Waals surface area contributed by atoms with Gasteiger partial charge in [0, 0.05) is 5.56 Å². The normalized spacial score (nSPS) is 12.6. The zero-order valence-electron chi connectivity index (χ0n) is 20.3. The van der Waals surface area contributed by atoms with Gasteiger partial charge in [0.15, 0.2) is 0 Å². The summed E-state index contributed by atoms with van der Waals surface area (Å²) in [6, 6.07) is 0. The zero-order valence-corrected chi connectivity index (χ0v) is 20.3. The highest BCUT2D eigenvalue weighted by Crippen LogP contribution is 2.40. The van der Waals surface area contributed by atoms with E-state index in [-0.39, 0.29) is 5.82 Å². The lowest BCUT2D eigenvalue weighted by molar-refractivity contribution is 0.610. The molecule has 1 heteroatoms. The Balaban J connectivity index is 4.12. The summed E-state index contributed by atoms with van der Waals surface area (Å²) in [5.41, 5.74) is 12.1. The van der Waals surface area contributed by atoms with Gasteiger partial charge >= 0.3 is 0 Å². The predicted molar refractivity (Wildman–Crippen MR) is 130 cm³/mol. The highest BCUT2D eigenvalue weighted by Gasteiger charge is 2.25. The molecule has 0 aromatic heterocycles. The van der Waals surface area contributed by atoms with Gasteiger partial charge in [-0.1, -0.05) is 49.8 Å². The molecule has 0 aliphatic heterocycles. The second kappa shape index (κ2) is 10.1. The van der Waals surface area contributed by atoms with Gasteiger partial charge in [-0.25, -0.2) is 4.39 Å². The first-order chi connectivity index (χ1) is 13.5. The van der Waals surface area contributed by atoms with Gasteiger partial charge in [-0.15, -0.1) is 0 Å². The van der Waals surface area contributed by atoms with Crippen LogP contribution in [0.2, 0.25) is 0 Å². The number of benzene rings is 1. The van der Waals surface area contributed by atoms with Crippen LogP contribution >= 0.6 is 0 Å². The SMILES string of the molecule is C=C(C)c1c(C)c(F)c(C(=C)/C(C(C)=C(C)C)=C(C)\C(C)=C/C)c(CC)c1CC. The maximum atomic E-state index is 15.9. The second-order valence-corrected chi connectivity index (χ2v) is 8.21. The fraction of sp³-hybridized carbons (Fsp3) is 0.429. The average Bonchev–Trinajstić information content (AvgIpc) is 2.67. The van der Waals surface area contributed by atoms with E-state index in [4.69, 9.17) is 0 Å². The van der Waals surface area contributed by atoms with Crippen molar-refractivity contribution in [3.8, 4) is 0 Å². The smallest absolute Gasteiger partial charge is 0.134 e. The quantitative estimate of drug-likeness (QED) is 0.405. The topological polar surface area (TPSA) is 0 Å². The van der Waals surface area contributed by atoms with Crippen LogP contribution in [-0.4, -0.2) is 0 Å². The van der Waals surface area contributed by atoms with Crippen LogP contribution in [0.3, 0.4) is 0 Å². The van der Waals surface area contributed by atoms with Gasteiger partial charge in [0.05, 0.1) is 0 Å². The first-order valence-electron chi connectivity index (χ1n) is 10.6. The molecule has 0 N–H and O–H groups in total. The average molecular weight is 395 g/mol.